The van der Waals surface area contributed by atoms with Gasteiger partial charge in [0.2, 0.25) is 0 Å². The third-order valence-electron chi connectivity index (χ3n) is 2.20. The van der Waals surface area contributed by atoms with Crippen LogP contribution in [0.1, 0.15) is 6.92 Å². The molecule has 0 saturated carbocycles. The van der Waals surface area contributed by atoms with Crippen molar-refractivity contribution in [1.29, 1.82) is 0 Å². The van der Waals surface area contributed by atoms with Crippen LogP contribution in [-0.4, -0.2) is 65.6 Å². The van der Waals surface area contributed by atoms with E-state index in [2.05, 4.69) is 0 Å². The molecule has 0 aliphatic heterocycles. The molecule has 5 nitrogen and oxygen atoms in total. The summed E-state index contributed by atoms with van der Waals surface area (Å²) >= 11 is 1.65. The number of carboxylic acid groups (broad SMARTS) is 1. The van der Waals surface area contributed by atoms with Crippen LogP contribution in [0, 0.1) is 0 Å². The molecule has 1 unspecified atom stereocenters. The van der Waals surface area contributed by atoms with Crippen LogP contribution in [0.5, 0.6) is 0 Å². The first-order valence-corrected chi connectivity index (χ1v) is 6.00. The van der Waals surface area contributed by atoms with Crippen molar-refractivity contribution in [3.8, 4) is 0 Å². The van der Waals surface area contributed by atoms with Crippen molar-refractivity contribution in [2.75, 3.05) is 32.6 Å². The van der Waals surface area contributed by atoms with Crippen molar-refractivity contribution >= 4 is 23.8 Å². The van der Waals surface area contributed by atoms with Gasteiger partial charge in [-0.05, 0) is 13.2 Å². The fourth-order valence-electron chi connectivity index (χ4n) is 0.924. The number of likely N-dealkylation sites (N-methyl/N-ethyl adjacent to an activating group) is 1. The molecule has 2 amide bonds. The maximum Gasteiger partial charge on any atom is 0.326 e. The van der Waals surface area contributed by atoms with Crippen molar-refractivity contribution in [2.45, 2.75) is 13.0 Å². The number of carbonyl (C=O) groups is 2. The first-order chi connectivity index (χ1) is 6.91. The molecule has 0 aliphatic carbocycles. The van der Waals surface area contributed by atoms with E-state index in [0.29, 0.717) is 6.54 Å². The maximum atomic E-state index is 11.7. The van der Waals surface area contributed by atoms with Crippen LogP contribution in [0.4, 0.5) is 4.79 Å². The van der Waals surface area contributed by atoms with Gasteiger partial charge >= 0.3 is 12.0 Å². The van der Waals surface area contributed by atoms with Gasteiger partial charge in [-0.15, -0.1) is 0 Å². The molecule has 0 aliphatic rings. The zero-order chi connectivity index (χ0) is 12.0. The first-order valence-electron chi connectivity index (χ1n) is 4.61. The van der Waals surface area contributed by atoms with E-state index in [9.17, 15) is 9.59 Å². The van der Waals surface area contributed by atoms with E-state index in [1.165, 1.54) is 23.8 Å². The summed E-state index contributed by atoms with van der Waals surface area (Å²) in [6.07, 6.45) is 1.96. The zero-order valence-corrected chi connectivity index (χ0v) is 10.4. The van der Waals surface area contributed by atoms with Crippen LogP contribution in [-0.2, 0) is 4.79 Å². The highest BCUT2D eigenvalue weighted by Crippen LogP contribution is 2.02. The van der Waals surface area contributed by atoms with Crippen LogP contribution in [0.25, 0.3) is 0 Å². The smallest absolute Gasteiger partial charge is 0.326 e. The average Bonchev–Trinajstić information content (AvgIpc) is 2.22. The molecule has 0 heterocycles. The van der Waals surface area contributed by atoms with E-state index in [0.717, 1.165) is 5.75 Å². The van der Waals surface area contributed by atoms with Gasteiger partial charge in [-0.3, -0.25) is 0 Å². The monoisotopic (exact) mass is 234 g/mol. The quantitative estimate of drug-likeness (QED) is 0.764. The summed E-state index contributed by atoms with van der Waals surface area (Å²) in [4.78, 5) is 25.1. The normalized spacial score (nSPS) is 12.0. The van der Waals surface area contributed by atoms with E-state index < -0.39 is 12.0 Å². The number of nitrogens with zero attached hydrogens (tertiary/aromatic N) is 2. The second kappa shape index (κ2) is 6.55. The summed E-state index contributed by atoms with van der Waals surface area (Å²) in [6.45, 7) is 2.11. The van der Waals surface area contributed by atoms with Gasteiger partial charge in [0.25, 0.3) is 0 Å². The first kappa shape index (κ1) is 14.1. The summed E-state index contributed by atoms with van der Waals surface area (Å²) in [7, 11) is 3.17. The minimum Gasteiger partial charge on any atom is -0.480 e. The lowest BCUT2D eigenvalue weighted by Crippen LogP contribution is -2.46. The van der Waals surface area contributed by atoms with Gasteiger partial charge in [0.05, 0.1) is 0 Å². The molecule has 0 saturated heterocycles. The molecule has 0 aromatic rings. The highest BCUT2D eigenvalue weighted by Gasteiger charge is 2.23. The van der Waals surface area contributed by atoms with Crippen LogP contribution in [0.3, 0.4) is 0 Å². The number of amides is 2. The van der Waals surface area contributed by atoms with E-state index in [-0.39, 0.29) is 6.03 Å². The minimum absolute atomic E-state index is 0.265. The minimum atomic E-state index is -0.996. The Morgan fingerprint density at radius 1 is 1.40 bits per heavy atom. The van der Waals surface area contributed by atoms with Gasteiger partial charge in [-0.1, -0.05) is 0 Å². The SMILES string of the molecule is CSCCN(C)C(=O)N(C)C(C)C(=O)O. The Morgan fingerprint density at radius 2 is 1.93 bits per heavy atom. The second-order valence-corrected chi connectivity index (χ2v) is 4.31. The molecule has 1 atom stereocenters. The van der Waals surface area contributed by atoms with E-state index in [4.69, 9.17) is 5.11 Å². The van der Waals surface area contributed by atoms with Gasteiger partial charge in [0.1, 0.15) is 6.04 Å². The molecule has 0 aromatic carbocycles. The number of carbonyl (C=O) groups excluding carboxylic acids is 1. The largest absolute Gasteiger partial charge is 0.480 e. The maximum absolute atomic E-state index is 11.7. The lowest BCUT2D eigenvalue weighted by atomic mass is 10.3. The Labute approximate surface area is 94.4 Å². The van der Waals surface area contributed by atoms with E-state index in [1.807, 2.05) is 6.26 Å². The Morgan fingerprint density at radius 3 is 2.33 bits per heavy atom. The summed E-state index contributed by atoms with van der Waals surface area (Å²) in [5, 5.41) is 8.74. The number of aliphatic carboxylic acids is 1. The van der Waals surface area contributed by atoms with Gasteiger partial charge in [-0.2, -0.15) is 11.8 Å². The summed E-state index contributed by atoms with van der Waals surface area (Å²) in [5.41, 5.74) is 0. The summed E-state index contributed by atoms with van der Waals surface area (Å²) < 4.78 is 0. The number of rotatable bonds is 5. The van der Waals surface area contributed by atoms with Crippen molar-refractivity contribution in [2.24, 2.45) is 0 Å². The fourth-order valence-corrected chi connectivity index (χ4v) is 1.38. The number of thioether (sulfide) groups is 1. The van der Waals surface area contributed by atoms with Gasteiger partial charge in [0.15, 0.2) is 0 Å². The number of carboxylic acids is 1. The van der Waals surface area contributed by atoms with Gasteiger partial charge in [-0.25, -0.2) is 9.59 Å². The Kier molecular flexibility index (Phi) is 6.15. The molecule has 6 heteroatoms. The summed E-state index contributed by atoms with van der Waals surface area (Å²) in [5.74, 6) is -0.151. The van der Waals surface area contributed by atoms with Crippen LogP contribution in [0.2, 0.25) is 0 Å². The second-order valence-electron chi connectivity index (χ2n) is 3.32. The van der Waals surface area contributed by atoms with Crippen LogP contribution < -0.4 is 0 Å². The standard InChI is InChI=1S/C9H18N2O3S/c1-7(8(12)13)11(3)9(14)10(2)5-6-15-4/h7H,5-6H2,1-4H3,(H,12,13). The van der Waals surface area contributed by atoms with Crippen molar-refractivity contribution < 1.29 is 14.7 Å². The molecule has 0 rings (SSSR count). The molecule has 0 radical (unpaired) electrons. The lowest BCUT2D eigenvalue weighted by molar-refractivity contribution is -0.141. The highest BCUT2D eigenvalue weighted by atomic mass is 32.2. The van der Waals surface area contributed by atoms with Gasteiger partial charge < -0.3 is 14.9 Å². The molecule has 0 fully saturated rings. The van der Waals surface area contributed by atoms with E-state index in [1.54, 1.807) is 18.8 Å². The Bertz CT molecular complexity index is 235. The topological polar surface area (TPSA) is 60.9 Å². The molecule has 1 N–H and O–H groups in total. The zero-order valence-electron chi connectivity index (χ0n) is 9.56. The predicted octanol–water partition coefficient (Wildman–Crippen LogP) is 0.806. The fraction of sp³-hybridized carbons (Fsp3) is 0.778. The van der Waals surface area contributed by atoms with Gasteiger partial charge in [0, 0.05) is 26.4 Å². The molecular formula is C9H18N2O3S. The molecule has 0 aromatic heterocycles. The molecule has 88 valence electrons. The summed E-state index contributed by atoms with van der Waals surface area (Å²) in [6, 6.07) is -1.06. The average molecular weight is 234 g/mol. The third kappa shape index (κ3) is 4.42. The number of hydrogen-bond donors (Lipinski definition) is 1. The molecule has 15 heavy (non-hydrogen) atoms. The van der Waals surface area contributed by atoms with Crippen molar-refractivity contribution in [3.63, 3.8) is 0 Å². The van der Waals surface area contributed by atoms with Crippen LogP contribution in [0.15, 0.2) is 0 Å². The van der Waals surface area contributed by atoms with Crippen LogP contribution >= 0.6 is 11.8 Å². The molecule has 0 bridgehead atoms. The van der Waals surface area contributed by atoms with Crippen molar-refractivity contribution in [1.82, 2.24) is 9.80 Å². The Balaban J connectivity index is 4.24. The van der Waals surface area contributed by atoms with E-state index >= 15 is 0 Å². The third-order valence-corrected chi connectivity index (χ3v) is 2.79. The number of hydrogen-bond acceptors (Lipinski definition) is 3. The highest BCUT2D eigenvalue weighted by molar-refractivity contribution is 7.98. The molecule has 0 spiro atoms. The molecular weight excluding hydrogens is 216 g/mol. The Hall–Kier alpha value is -0.910. The number of urea groups is 1. The lowest BCUT2D eigenvalue weighted by Gasteiger charge is -2.27. The predicted molar refractivity (Wildman–Crippen MR) is 61.3 cm³/mol. The van der Waals surface area contributed by atoms with Crippen molar-refractivity contribution in [3.05, 3.63) is 0 Å².